The number of hydrogen-bond donors (Lipinski definition) is 1. The van der Waals surface area contributed by atoms with Crippen molar-refractivity contribution in [2.45, 2.75) is 27.2 Å². The van der Waals surface area contributed by atoms with Gasteiger partial charge in [0.1, 0.15) is 10.8 Å². The fraction of sp³-hybridized carbons (Fsp3) is 0.600. The topological polar surface area (TPSA) is 45.4 Å². The second-order valence-corrected chi connectivity index (χ2v) is 5.91. The van der Waals surface area contributed by atoms with E-state index < -0.39 is 0 Å². The molecule has 20 heavy (non-hydrogen) atoms. The summed E-state index contributed by atoms with van der Waals surface area (Å²) in [5.41, 5.74) is 8.98. The number of nitrogens with zero attached hydrogens (tertiary/aromatic N) is 3. The van der Waals surface area contributed by atoms with Crippen LogP contribution in [0.15, 0.2) is 6.07 Å². The van der Waals surface area contributed by atoms with Crippen LogP contribution in [0.4, 0.5) is 5.82 Å². The molecule has 1 aromatic rings. The quantitative estimate of drug-likeness (QED) is 0.858. The van der Waals surface area contributed by atoms with Crippen molar-refractivity contribution in [3.8, 4) is 0 Å². The smallest absolute Gasteiger partial charge is 0.139 e. The molecule has 0 aliphatic carbocycles. The maximum absolute atomic E-state index is 5.90. The summed E-state index contributed by atoms with van der Waals surface area (Å²) >= 11 is 5.22. The van der Waals surface area contributed by atoms with Crippen LogP contribution in [0.5, 0.6) is 0 Å². The Kier molecular flexibility index (Phi) is 4.94. The summed E-state index contributed by atoms with van der Waals surface area (Å²) in [5.74, 6) is 0.964. The minimum absolute atomic E-state index is 0.445. The number of piperazine rings is 1. The predicted molar refractivity (Wildman–Crippen MR) is 88.5 cm³/mol. The van der Waals surface area contributed by atoms with E-state index in [-0.39, 0.29) is 0 Å². The second kappa shape index (κ2) is 6.50. The van der Waals surface area contributed by atoms with Gasteiger partial charge in [0.25, 0.3) is 0 Å². The average molecular weight is 292 g/mol. The van der Waals surface area contributed by atoms with Gasteiger partial charge in [0.05, 0.1) is 5.56 Å². The number of aryl methyl sites for hydroxylation is 2. The number of nitrogens with two attached hydrogens (primary N) is 1. The van der Waals surface area contributed by atoms with E-state index in [1.807, 2.05) is 13.0 Å². The van der Waals surface area contributed by atoms with Crippen LogP contribution in [0.2, 0.25) is 0 Å². The maximum Gasteiger partial charge on any atom is 0.139 e. The maximum atomic E-state index is 5.90. The third-order valence-electron chi connectivity index (χ3n) is 3.78. The molecule has 0 atom stereocenters. The Morgan fingerprint density at radius 3 is 2.50 bits per heavy atom. The largest absolute Gasteiger partial charge is 0.389 e. The van der Waals surface area contributed by atoms with Gasteiger partial charge in [-0.15, -0.1) is 0 Å². The standard InChI is InChI=1S/C15H24N4S/c1-4-5-18-6-8-19(9-7-18)15-13(14(16)20)11(2)10-12(3)17-15/h10H,4-9H2,1-3H3,(H2,16,20). The summed E-state index contributed by atoms with van der Waals surface area (Å²) in [6.07, 6.45) is 1.21. The van der Waals surface area contributed by atoms with Crippen LogP contribution in [0.25, 0.3) is 0 Å². The zero-order chi connectivity index (χ0) is 14.7. The molecule has 0 spiro atoms. The summed E-state index contributed by atoms with van der Waals surface area (Å²) in [5, 5.41) is 0. The molecule has 1 aliphatic rings. The summed E-state index contributed by atoms with van der Waals surface area (Å²) in [6, 6.07) is 2.05. The highest BCUT2D eigenvalue weighted by Crippen LogP contribution is 2.23. The molecule has 0 unspecified atom stereocenters. The van der Waals surface area contributed by atoms with Gasteiger partial charge in [-0.05, 0) is 38.4 Å². The molecule has 2 rings (SSSR count). The van der Waals surface area contributed by atoms with Crippen LogP contribution in [0.1, 0.15) is 30.2 Å². The van der Waals surface area contributed by atoms with Crippen molar-refractivity contribution < 1.29 is 0 Å². The third-order valence-corrected chi connectivity index (χ3v) is 3.99. The Bertz CT molecular complexity index is 493. The van der Waals surface area contributed by atoms with Gasteiger partial charge in [-0.2, -0.15) is 0 Å². The SMILES string of the molecule is CCCN1CCN(c2nc(C)cc(C)c2C(N)=S)CC1. The molecule has 5 heteroatoms. The molecule has 1 aromatic heterocycles. The lowest BCUT2D eigenvalue weighted by Crippen LogP contribution is -2.47. The van der Waals surface area contributed by atoms with Crippen LogP contribution in [-0.4, -0.2) is 47.6 Å². The molecule has 0 bridgehead atoms. The van der Waals surface area contributed by atoms with Crippen LogP contribution >= 0.6 is 12.2 Å². The lowest BCUT2D eigenvalue weighted by molar-refractivity contribution is 0.258. The molecule has 0 amide bonds. The summed E-state index contributed by atoms with van der Waals surface area (Å²) in [7, 11) is 0. The Hall–Kier alpha value is -1.20. The number of anilines is 1. The van der Waals surface area contributed by atoms with E-state index in [0.717, 1.165) is 48.8 Å². The number of rotatable bonds is 4. The van der Waals surface area contributed by atoms with Crippen molar-refractivity contribution in [2.24, 2.45) is 5.73 Å². The van der Waals surface area contributed by atoms with E-state index in [0.29, 0.717) is 4.99 Å². The lowest BCUT2D eigenvalue weighted by Gasteiger charge is -2.36. The fourth-order valence-corrected chi connectivity index (χ4v) is 3.10. The number of hydrogen-bond acceptors (Lipinski definition) is 4. The summed E-state index contributed by atoms with van der Waals surface area (Å²) < 4.78 is 0. The van der Waals surface area contributed by atoms with Crippen molar-refractivity contribution in [1.82, 2.24) is 9.88 Å². The van der Waals surface area contributed by atoms with Crippen molar-refractivity contribution >= 4 is 23.0 Å². The molecule has 0 saturated carbocycles. The van der Waals surface area contributed by atoms with Gasteiger partial charge in [-0.1, -0.05) is 19.1 Å². The van der Waals surface area contributed by atoms with E-state index in [2.05, 4.69) is 28.6 Å². The summed E-state index contributed by atoms with van der Waals surface area (Å²) in [6.45, 7) is 11.6. The first-order chi connectivity index (χ1) is 9.52. The molecule has 110 valence electrons. The first-order valence-electron chi connectivity index (χ1n) is 7.28. The van der Waals surface area contributed by atoms with Gasteiger partial charge in [0.15, 0.2) is 0 Å². The van der Waals surface area contributed by atoms with Crippen molar-refractivity contribution in [2.75, 3.05) is 37.6 Å². The van der Waals surface area contributed by atoms with Crippen LogP contribution in [0.3, 0.4) is 0 Å². The van der Waals surface area contributed by atoms with Crippen LogP contribution in [0, 0.1) is 13.8 Å². The molecule has 0 aromatic carbocycles. The van der Waals surface area contributed by atoms with Gasteiger partial charge in [0, 0.05) is 31.9 Å². The van der Waals surface area contributed by atoms with Crippen LogP contribution in [-0.2, 0) is 0 Å². The van der Waals surface area contributed by atoms with Crippen molar-refractivity contribution in [3.05, 3.63) is 22.9 Å². The predicted octanol–water partition coefficient (Wildman–Crippen LogP) is 1.86. The van der Waals surface area contributed by atoms with E-state index >= 15 is 0 Å². The van der Waals surface area contributed by atoms with E-state index in [1.54, 1.807) is 0 Å². The molecule has 0 radical (unpaired) electrons. The highest BCUT2D eigenvalue weighted by molar-refractivity contribution is 7.80. The van der Waals surface area contributed by atoms with Crippen molar-refractivity contribution in [1.29, 1.82) is 0 Å². The van der Waals surface area contributed by atoms with Crippen molar-refractivity contribution in [3.63, 3.8) is 0 Å². The highest BCUT2D eigenvalue weighted by atomic mass is 32.1. The molecule has 2 heterocycles. The normalized spacial score (nSPS) is 16.4. The first-order valence-corrected chi connectivity index (χ1v) is 7.69. The highest BCUT2D eigenvalue weighted by Gasteiger charge is 2.22. The van der Waals surface area contributed by atoms with E-state index in [1.165, 1.54) is 13.0 Å². The molecule has 4 nitrogen and oxygen atoms in total. The molecular weight excluding hydrogens is 268 g/mol. The molecular formula is C15H24N4S. The van der Waals surface area contributed by atoms with Crippen LogP contribution < -0.4 is 10.6 Å². The van der Waals surface area contributed by atoms with E-state index in [4.69, 9.17) is 18.0 Å². The Balaban J connectivity index is 2.23. The number of pyridine rings is 1. The zero-order valence-electron chi connectivity index (χ0n) is 12.6. The fourth-order valence-electron chi connectivity index (χ4n) is 2.85. The zero-order valence-corrected chi connectivity index (χ0v) is 13.5. The van der Waals surface area contributed by atoms with Gasteiger partial charge in [0.2, 0.25) is 0 Å². The minimum atomic E-state index is 0.445. The molecule has 1 fully saturated rings. The summed E-state index contributed by atoms with van der Waals surface area (Å²) in [4.78, 5) is 9.95. The van der Waals surface area contributed by atoms with Gasteiger partial charge >= 0.3 is 0 Å². The van der Waals surface area contributed by atoms with Gasteiger partial charge in [-0.3, -0.25) is 4.90 Å². The van der Waals surface area contributed by atoms with Gasteiger partial charge in [-0.25, -0.2) is 4.98 Å². The van der Waals surface area contributed by atoms with E-state index in [9.17, 15) is 0 Å². The average Bonchev–Trinajstić information content (AvgIpc) is 2.38. The Labute approximate surface area is 127 Å². The minimum Gasteiger partial charge on any atom is -0.389 e. The Morgan fingerprint density at radius 2 is 1.95 bits per heavy atom. The Morgan fingerprint density at radius 1 is 1.30 bits per heavy atom. The first kappa shape index (κ1) is 15.2. The monoisotopic (exact) mass is 292 g/mol. The molecule has 2 N–H and O–H groups in total. The molecule has 1 aliphatic heterocycles. The van der Waals surface area contributed by atoms with Gasteiger partial charge < -0.3 is 10.6 Å². The second-order valence-electron chi connectivity index (χ2n) is 5.47. The lowest BCUT2D eigenvalue weighted by atomic mass is 10.1. The number of thiocarbonyl (C=S) groups is 1. The molecule has 1 saturated heterocycles. The third kappa shape index (κ3) is 3.27. The number of aromatic nitrogens is 1.